The van der Waals surface area contributed by atoms with Crippen LogP contribution in [0.1, 0.15) is 47.0 Å². The van der Waals surface area contributed by atoms with Gasteiger partial charge in [0.15, 0.2) is 0 Å². The van der Waals surface area contributed by atoms with Gasteiger partial charge >= 0.3 is 0 Å². The maximum absolute atomic E-state index is 11.7. The molecule has 19 heavy (non-hydrogen) atoms. The van der Waals surface area contributed by atoms with Crippen LogP contribution in [0.3, 0.4) is 0 Å². The van der Waals surface area contributed by atoms with Crippen LogP contribution in [0.15, 0.2) is 0 Å². The lowest BCUT2D eigenvalue weighted by Gasteiger charge is -2.18. The maximum atomic E-state index is 11.7. The largest absolute Gasteiger partial charge is 0.356 e. The second-order valence-corrected chi connectivity index (χ2v) is 5.83. The molecule has 5 heteroatoms. The Hall–Kier alpha value is -1.10. The average molecular weight is 271 g/mol. The molecule has 1 unspecified atom stereocenters. The minimum absolute atomic E-state index is 0.000329. The fourth-order valence-electron chi connectivity index (χ4n) is 1.84. The van der Waals surface area contributed by atoms with Gasteiger partial charge in [0.25, 0.3) is 0 Å². The second kappa shape index (κ2) is 9.78. The third kappa shape index (κ3) is 10.5. The normalized spacial score (nSPS) is 12.6. The van der Waals surface area contributed by atoms with Crippen molar-refractivity contribution in [3.05, 3.63) is 0 Å². The second-order valence-electron chi connectivity index (χ2n) is 5.83. The van der Waals surface area contributed by atoms with Gasteiger partial charge in [-0.1, -0.05) is 27.7 Å². The van der Waals surface area contributed by atoms with Crippen molar-refractivity contribution in [3.8, 4) is 0 Å². The smallest absolute Gasteiger partial charge is 0.222 e. The molecule has 0 aromatic rings. The molecule has 1 atom stereocenters. The van der Waals surface area contributed by atoms with Crippen molar-refractivity contribution < 1.29 is 9.59 Å². The van der Waals surface area contributed by atoms with Crippen LogP contribution in [0.2, 0.25) is 0 Å². The summed E-state index contributed by atoms with van der Waals surface area (Å²) in [6, 6.07) is 0.0267. The Balaban J connectivity index is 3.82. The van der Waals surface area contributed by atoms with Crippen LogP contribution in [-0.4, -0.2) is 30.9 Å². The number of nitrogens with one attached hydrogen (secondary N) is 2. The molecule has 0 radical (unpaired) electrons. The Bertz CT molecular complexity index is 278. The summed E-state index contributed by atoms with van der Waals surface area (Å²) in [5, 5.41) is 5.64. The van der Waals surface area contributed by atoms with E-state index in [1.54, 1.807) is 0 Å². The van der Waals surface area contributed by atoms with Gasteiger partial charge in [-0.3, -0.25) is 9.59 Å². The lowest BCUT2D eigenvalue weighted by Crippen LogP contribution is -2.42. The van der Waals surface area contributed by atoms with E-state index in [0.29, 0.717) is 37.8 Å². The Morgan fingerprint density at radius 1 is 1.05 bits per heavy atom. The van der Waals surface area contributed by atoms with Crippen LogP contribution < -0.4 is 16.4 Å². The molecular formula is C14H29N3O2. The minimum Gasteiger partial charge on any atom is -0.356 e. The van der Waals surface area contributed by atoms with Crippen LogP contribution in [-0.2, 0) is 9.59 Å². The highest BCUT2D eigenvalue weighted by Gasteiger charge is 2.12. The molecule has 0 spiro atoms. The lowest BCUT2D eigenvalue weighted by atomic mass is 10.0. The fourth-order valence-corrected chi connectivity index (χ4v) is 1.84. The van der Waals surface area contributed by atoms with Crippen molar-refractivity contribution in [2.45, 2.75) is 53.0 Å². The SMILES string of the molecule is CC(C)CC(=O)NCCC(=O)NC(CN)CC(C)C. The summed E-state index contributed by atoms with van der Waals surface area (Å²) >= 11 is 0. The van der Waals surface area contributed by atoms with E-state index in [1.165, 1.54) is 0 Å². The standard InChI is InChI=1S/C14H29N3O2/c1-10(2)7-12(9-15)17-13(18)5-6-16-14(19)8-11(3)4/h10-12H,5-9,15H2,1-4H3,(H,16,19)(H,17,18). The molecule has 0 aliphatic rings. The topological polar surface area (TPSA) is 84.2 Å². The van der Waals surface area contributed by atoms with E-state index in [2.05, 4.69) is 24.5 Å². The molecule has 0 aromatic heterocycles. The molecule has 0 aromatic carbocycles. The van der Waals surface area contributed by atoms with Crippen molar-refractivity contribution in [1.29, 1.82) is 0 Å². The van der Waals surface area contributed by atoms with Crippen molar-refractivity contribution in [3.63, 3.8) is 0 Å². The summed E-state index contributed by atoms with van der Waals surface area (Å²) in [5.74, 6) is 0.780. The number of hydrogen-bond acceptors (Lipinski definition) is 3. The first-order valence-corrected chi connectivity index (χ1v) is 7.11. The van der Waals surface area contributed by atoms with Crippen LogP contribution in [0.5, 0.6) is 0 Å². The molecule has 0 fully saturated rings. The predicted molar refractivity (Wildman–Crippen MR) is 77.5 cm³/mol. The summed E-state index contributed by atoms with van der Waals surface area (Å²) in [6.45, 7) is 9.01. The molecule has 2 amide bonds. The monoisotopic (exact) mass is 271 g/mol. The van der Waals surface area contributed by atoms with Crippen molar-refractivity contribution in [2.24, 2.45) is 17.6 Å². The van der Waals surface area contributed by atoms with Gasteiger partial charge in [-0.2, -0.15) is 0 Å². The first kappa shape index (κ1) is 17.9. The third-order valence-electron chi connectivity index (χ3n) is 2.67. The van der Waals surface area contributed by atoms with E-state index >= 15 is 0 Å². The third-order valence-corrected chi connectivity index (χ3v) is 2.67. The van der Waals surface area contributed by atoms with Gasteiger partial charge in [0.2, 0.25) is 11.8 Å². The van der Waals surface area contributed by atoms with Crippen molar-refractivity contribution >= 4 is 11.8 Å². The van der Waals surface area contributed by atoms with Gasteiger partial charge in [-0.15, -0.1) is 0 Å². The van der Waals surface area contributed by atoms with E-state index in [1.807, 2.05) is 13.8 Å². The number of carbonyl (C=O) groups is 2. The zero-order chi connectivity index (χ0) is 14.8. The number of hydrogen-bond donors (Lipinski definition) is 3. The molecular weight excluding hydrogens is 242 g/mol. The van der Waals surface area contributed by atoms with E-state index in [-0.39, 0.29) is 17.9 Å². The van der Waals surface area contributed by atoms with Gasteiger partial charge in [0, 0.05) is 32.0 Å². The van der Waals surface area contributed by atoms with E-state index in [0.717, 1.165) is 6.42 Å². The average Bonchev–Trinajstić information content (AvgIpc) is 2.26. The first-order chi connectivity index (χ1) is 8.85. The molecule has 0 rings (SSSR count). The van der Waals surface area contributed by atoms with Crippen molar-refractivity contribution in [1.82, 2.24) is 10.6 Å². The molecule has 5 nitrogen and oxygen atoms in total. The van der Waals surface area contributed by atoms with Crippen LogP contribution in [0.4, 0.5) is 0 Å². The van der Waals surface area contributed by atoms with Crippen LogP contribution in [0.25, 0.3) is 0 Å². The Morgan fingerprint density at radius 2 is 1.68 bits per heavy atom. The number of nitrogens with two attached hydrogens (primary N) is 1. The molecule has 112 valence electrons. The van der Waals surface area contributed by atoms with Gasteiger partial charge in [-0.25, -0.2) is 0 Å². The van der Waals surface area contributed by atoms with E-state index in [9.17, 15) is 9.59 Å². The highest BCUT2D eigenvalue weighted by atomic mass is 16.2. The molecule has 0 bridgehead atoms. The van der Waals surface area contributed by atoms with Gasteiger partial charge in [0.1, 0.15) is 0 Å². The molecule has 0 saturated heterocycles. The van der Waals surface area contributed by atoms with E-state index in [4.69, 9.17) is 5.73 Å². The quantitative estimate of drug-likeness (QED) is 0.585. The van der Waals surface area contributed by atoms with Gasteiger partial charge in [-0.05, 0) is 18.3 Å². The van der Waals surface area contributed by atoms with Gasteiger partial charge < -0.3 is 16.4 Å². The number of rotatable bonds is 9. The molecule has 0 heterocycles. The molecule has 0 aliphatic carbocycles. The zero-order valence-electron chi connectivity index (χ0n) is 12.7. The summed E-state index contributed by atoms with van der Waals surface area (Å²) in [5.41, 5.74) is 5.62. The Kier molecular flexibility index (Phi) is 9.21. The van der Waals surface area contributed by atoms with Crippen LogP contribution >= 0.6 is 0 Å². The highest BCUT2D eigenvalue weighted by molar-refractivity contribution is 5.79. The summed E-state index contributed by atoms with van der Waals surface area (Å²) in [6.07, 6.45) is 1.68. The fraction of sp³-hybridized carbons (Fsp3) is 0.857. The minimum atomic E-state index is -0.0547. The summed E-state index contributed by atoms with van der Waals surface area (Å²) in [7, 11) is 0. The molecule has 0 aliphatic heterocycles. The number of carbonyl (C=O) groups excluding carboxylic acids is 2. The Morgan fingerprint density at radius 3 is 2.16 bits per heavy atom. The van der Waals surface area contributed by atoms with Gasteiger partial charge in [0.05, 0.1) is 0 Å². The number of amides is 2. The predicted octanol–water partition coefficient (Wildman–Crippen LogP) is 1.03. The molecule has 4 N–H and O–H groups in total. The van der Waals surface area contributed by atoms with Crippen molar-refractivity contribution in [2.75, 3.05) is 13.1 Å². The lowest BCUT2D eigenvalue weighted by molar-refractivity contribution is -0.123. The summed E-state index contributed by atoms with van der Waals surface area (Å²) < 4.78 is 0. The maximum Gasteiger partial charge on any atom is 0.222 e. The molecule has 0 saturated carbocycles. The zero-order valence-corrected chi connectivity index (χ0v) is 12.7. The summed E-state index contributed by atoms with van der Waals surface area (Å²) in [4.78, 5) is 23.1. The highest BCUT2D eigenvalue weighted by Crippen LogP contribution is 2.03. The Labute approximate surface area is 116 Å². The van der Waals surface area contributed by atoms with Crippen LogP contribution in [0, 0.1) is 11.8 Å². The van der Waals surface area contributed by atoms with E-state index < -0.39 is 0 Å². The first-order valence-electron chi connectivity index (χ1n) is 7.11.